The number of ketones is 1. The van der Waals surface area contributed by atoms with Gasteiger partial charge < -0.3 is 4.74 Å². The van der Waals surface area contributed by atoms with Crippen LogP contribution in [-0.2, 0) is 7.05 Å². The van der Waals surface area contributed by atoms with Gasteiger partial charge in [0.2, 0.25) is 0 Å². The van der Waals surface area contributed by atoms with Crippen LogP contribution in [0.25, 0.3) is 6.08 Å². The van der Waals surface area contributed by atoms with Crippen molar-refractivity contribution in [2.24, 2.45) is 7.05 Å². The van der Waals surface area contributed by atoms with Crippen molar-refractivity contribution in [3.05, 3.63) is 53.4 Å². The number of rotatable bonds is 4. The molecule has 0 aliphatic rings. The normalized spacial score (nSPS) is 10.9. The first-order valence-corrected chi connectivity index (χ1v) is 5.97. The van der Waals surface area contributed by atoms with Crippen LogP contribution in [0.2, 0.25) is 0 Å². The Morgan fingerprint density at radius 1 is 1.42 bits per heavy atom. The lowest BCUT2D eigenvalue weighted by Gasteiger charge is -2.01. The third-order valence-corrected chi connectivity index (χ3v) is 3.04. The maximum atomic E-state index is 12.0. The Morgan fingerprint density at radius 2 is 2.21 bits per heavy atom. The van der Waals surface area contributed by atoms with E-state index in [4.69, 9.17) is 4.74 Å². The molecular formula is C15H16N2O2. The lowest BCUT2D eigenvalue weighted by Crippen LogP contribution is -1.95. The number of nitrogens with zero attached hydrogens (tertiary/aromatic N) is 2. The Kier molecular flexibility index (Phi) is 3.80. The van der Waals surface area contributed by atoms with E-state index in [1.165, 1.54) is 0 Å². The van der Waals surface area contributed by atoms with Crippen LogP contribution >= 0.6 is 0 Å². The van der Waals surface area contributed by atoms with Gasteiger partial charge in [0.1, 0.15) is 5.75 Å². The molecule has 98 valence electrons. The van der Waals surface area contributed by atoms with Crippen LogP contribution in [0, 0.1) is 6.92 Å². The minimum absolute atomic E-state index is 0.0536. The molecule has 1 heterocycles. The summed E-state index contributed by atoms with van der Waals surface area (Å²) < 4.78 is 6.87. The lowest BCUT2D eigenvalue weighted by atomic mass is 10.1. The molecule has 1 aromatic carbocycles. The van der Waals surface area contributed by atoms with Crippen molar-refractivity contribution in [3.63, 3.8) is 0 Å². The van der Waals surface area contributed by atoms with Crippen LogP contribution in [0.15, 0.2) is 36.5 Å². The number of carbonyl (C=O) groups is 1. The van der Waals surface area contributed by atoms with Crippen molar-refractivity contribution in [3.8, 4) is 5.75 Å². The second-order valence-corrected chi connectivity index (χ2v) is 4.24. The maximum absolute atomic E-state index is 12.0. The first kappa shape index (κ1) is 13.1. The first-order chi connectivity index (χ1) is 9.11. The number of aryl methyl sites for hydroxylation is 1. The highest BCUT2D eigenvalue weighted by molar-refractivity contribution is 6.07. The van der Waals surface area contributed by atoms with Gasteiger partial charge >= 0.3 is 0 Å². The summed E-state index contributed by atoms with van der Waals surface area (Å²) in [6.07, 6.45) is 5.08. The number of methoxy groups -OCH3 is 1. The molecule has 0 aliphatic carbocycles. The van der Waals surface area contributed by atoms with Crippen molar-refractivity contribution < 1.29 is 9.53 Å². The van der Waals surface area contributed by atoms with Gasteiger partial charge in [0.05, 0.1) is 13.3 Å². The first-order valence-electron chi connectivity index (χ1n) is 5.97. The van der Waals surface area contributed by atoms with Crippen LogP contribution < -0.4 is 4.74 Å². The smallest absolute Gasteiger partial charge is 0.185 e. The molecule has 0 spiro atoms. The van der Waals surface area contributed by atoms with Gasteiger partial charge in [0, 0.05) is 23.9 Å². The standard InChI is InChI=1S/C15H16N2O2/c1-11-13(10-16-17(11)2)7-8-15(18)12-5-4-6-14(9-12)19-3/h4-10H,1-3H3/b8-7+. The van der Waals surface area contributed by atoms with Gasteiger partial charge in [-0.25, -0.2) is 0 Å². The van der Waals surface area contributed by atoms with E-state index >= 15 is 0 Å². The van der Waals surface area contributed by atoms with Crippen LogP contribution in [0.3, 0.4) is 0 Å². The average Bonchev–Trinajstić information content (AvgIpc) is 2.76. The summed E-state index contributed by atoms with van der Waals surface area (Å²) >= 11 is 0. The Hall–Kier alpha value is -2.36. The van der Waals surface area contributed by atoms with E-state index in [1.54, 1.807) is 48.3 Å². The number of ether oxygens (including phenoxy) is 1. The van der Waals surface area contributed by atoms with Gasteiger partial charge in [-0.1, -0.05) is 12.1 Å². The molecule has 2 rings (SSSR count). The van der Waals surface area contributed by atoms with Crippen molar-refractivity contribution in [1.29, 1.82) is 0 Å². The maximum Gasteiger partial charge on any atom is 0.185 e. The fourth-order valence-electron chi connectivity index (χ4n) is 1.72. The number of hydrogen-bond acceptors (Lipinski definition) is 3. The summed E-state index contributed by atoms with van der Waals surface area (Å²) in [5.74, 6) is 0.624. The summed E-state index contributed by atoms with van der Waals surface area (Å²) in [4.78, 5) is 12.0. The number of allylic oxidation sites excluding steroid dienone is 1. The van der Waals surface area contributed by atoms with E-state index in [2.05, 4.69) is 5.10 Å². The van der Waals surface area contributed by atoms with E-state index in [9.17, 15) is 4.79 Å². The minimum atomic E-state index is -0.0536. The molecule has 1 aromatic heterocycles. The molecule has 0 N–H and O–H groups in total. The van der Waals surface area contributed by atoms with E-state index < -0.39 is 0 Å². The highest BCUT2D eigenvalue weighted by Crippen LogP contribution is 2.14. The molecule has 19 heavy (non-hydrogen) atoms. The number of benzene rings is 1. The second kappa shape index (κ2) is 5.52. The van der Waals surface area contributed by atoms with Gasteiger partial charge in [0.15, 0.2) is 5.78 Å². The molecule has 2 aromatic rings. The summed E-state index contributed by atoms with van der Waals surface area (Å²) in [5.41, 5.74) is 2.57. The van der Waals surface area contributed by atoms with E-state index in [-0.39, 0.29) is 5.78 Å². The van der Waals surface area contributed by atoms with Crippen molar-refractivity contribution >= 4 is 11.9 Å². The minimum Gasteiger partial charge on any atom is -0.497 e. The van der Waals surface area contributed by atoms with Crippen LogP contribution in [0.4, 0.5) is 0 Å². The molecule has 0 radical (unpaired) electrons. The van der Waals surface area contributed by atoms with E-state index in [0.29, 0.717) is 11.3 Å². The molecule has 4 heteroatoms. The van der Waals surface area contributed by atoms with Crippen molar-refractivity contribution in [2.75, 3.05) is 7.11 Å². The molecule has 0 saturated heterocycles. The molecule has 0 aliphatic heterocycles. The average molecular weight is 256 g/mol. The number of carbonyl (C=O) groups excluding carboxylic acids is 1. The number of aromatic nitrogens is 2. The zero-order valence-electron chi connectivity index (χ0n) is 11.3. The fraction of sp³-hybridized carbons (Fsp3) is 0.200. The van der Waals surface area contributed by atoms with Gasteiger partial charge in [-0.05, 0) is 31.2 Å². The van der Waals surface area contributed by atoms with Crippen molar-refractivity contribution in [1.82, 2.24) is 9.78 Å². The topological polar surface area (TPSA) is 44.1 Å². The summed E-state index contributed by atoms with van der Waals surface area (Å²) in [7, 11) is 3.45. The number of hydrogen-bond donors (Lipinski definition) is 0. The Bertz CT molecular complexity index is 627. The highest BCUT2D eigenvalue weighted by Gasteiger charge is 2.04. The second-order valence-electron chi connectivity index (χ2n) is 4.24. The van der Waals surface area contributed by atoms with Gasteiger partial charge in [-0.3, -0.25) is 9.48 Å². The predicted molar refractivity (Wildman–Crippen MR) is 74.3 cm³/mol. The molecule has 0 unspecified atom stereocenters. The molecule has 0 atom stereocenters. The Morgan fingerprint density at radius 3 is 2.84 bits per heavy atom. The Labute approximate surface area is 112 Å². The van der Waals surface area contributed by atoms with Gasteiger partial charge in [-0.2, -0.15) is 5.10 Å². The van der Waals surface area contributed by atoms with Gasteiger partial charge in [0.25, 0.3) is 0 Å². The van der Waals surface area contributed by atoms with Crippen LogP contribution in [0.5, 0.6) is 5.75 Å². The van der Waals surface area contributed by atoms with E-state index in [1.807, 2.05) is 20.0 Å². The molecular weight excluding hydrogens is 240 g/mol. The molecule has 0 fully saturated rings. The quantitative estimate of drug-likeness (QED) is 0.624. The largest absolute Gasteiger partial charge is 0.497 e. The molecule has 4 nitrogen and oxygen atoms in total. The highest BCUT2D eigenvalue weighted by atomic mass is 16.5. The lowest BCUT2D eigenvalue weighted by molar-refractivity contribution is 0.104. The summed E-state index contributed by atoms with van der Waals surface area (Å²) in [6.45, 7) is 1.96. The molecule has 0 amide bonds. The molecule has 0 saturated carbocycles. The monoisotopic (exact) mass is 256 g/mol. The van der Waals surface area contributed by atoms with Crippen LogP contribution in [0.1, 0.15) is 21.6 Å². The predicted octanol–water partition coefficient (Wildman–Crippen LogP) is 2.63. The van der Waals surface area contributed by atoms with Gasteiger partial charge in [-0.15, -0.1) is 0 Å². The zero-order valence-corrected chi connectivity index (χ0v) is 11.3. The third-order valence-electron chi connectivity index (χ3n) is 3.04. The van der Waals surface area contributed by atoms with Crippen LogP contribution in [-0.4, -0.2) is 22.7 Å². The Balaban J connectivity index is 2.18. The SMILES string of the molecule is COc1cccc(C(=O)/C=C/c2cnn(C)c2C)c1. The fourth-order valence-corrected chi connectivity index (χ4v) is 1.72. The third kappa shape index (κ3) is 2.91. The van der Waals surface area contributed by atoms with E-state index in [0.717, 1.165) is 11.3 Å². The van der Waals surface area contributed by atoms with Crippen molar-refractivity contribution in [2.45, 2.75) is 6.92 Å². The summed E-state index contributed by atoms with van der Waals surface area (Å²) in [5, 5.41) is 4.13. The zero-order chi connectivity index (χ0) is 13.8. The molecule has 0 bridgehead atoms. The summed E-state index contributed by atoms with van der Waals surface area (Å²) in [6, 6.07) is 7.11.